The number of hydrogen-bond acceptors (Lipinski definition) is 3. The molecule has 0 bridgehead atoms. The lowest BCUT2D eigenvalue weighted by Gasteiger charge is -2.18. The topological polar surface area (TPSA) is 44.5 Å². The van der Waals surface area contributed by atoms with Crippen LogP contribution < -0.4 is 15.2 Å². The first kappa shape index (κ1) is 14.8. The SMILES string of the molecule is CCC(N)Cc1ccc(OC)cc1OC(C)CC. The van der Waals surface area contributed by atoms with Gasteiger partial charge in [-0.1, -0.05) is 19.9 Å². The van der Waals surface area contributed by atoms with Crippen LogP contribution in [0.5, 0.6) is 11.5 Å². The van der Waals surface area contributed by atoms with E-state index in [0.29, 0.717) is 0 Å². The van der Waals surface area contributed by atoms with Crippen LogP contribution in [0.15, 0.2) is 18.2 Å². The van der Waals surface area contributed by atoms with Crippen molar-refractivity contribution < 1.29 is 9.47 Å². The molecule has 0 fully saturated rings. The minimum atomic E-state index is 0.178. The quantitative estimate of drug-likeness (QED) is 0.809. The average molecular weight is 251 g/mol. The Labute approximate surface area is 110 Å². The van der Waals surface area contributed by atoms with E-state index < -0.39 is 0 Å². The molecule has 0 aliphatic rings. The minimum Gasteiger partial charge on any atom is -0.497 e. The van der Waals surface area contributed by atoms with Gasteiger partial charge in [-0.3, -0.25) is 0 Å². The highest BCUT2D eigenvalue weighted by molar-refractivity contribution is 5.41. The number of nitrogens with two attached hydrogens (primary N) is 1. The molecule has 0 aliphatic heterocycles. The van der Waals surface area contributed by atoms with E-state index in [1.807, 2.05) is 18.2 Å². The van der Waals surface area contributed by atoms with Gasteiger partial charge in [-0.15, -0.1) is 0 Å². The fourth-order valence-electron chi connectivity index (χ4n) is 1.67. The van der Waals surface area contributed by atoms with Gasteiger partial charge >= 0.3 is 0 Å². The molecule has 0 amide bonds. The molecule has 0 aromatic heterocycles. The lowest BCUT2D eigenvalue weighted by atomic mass is 10.0. The van der Waals surface area contributed by atoms with Gasteiger partial charge < -0.3 is 15.2 Å². The molecule has 2 atom stereocenters. The van der Waals surface area contributed by atoms with E-state index >= 15 is 0 Å². The molecule has 0 saturated heterocycles. The summed E-state index contributed by atoms with van der Waals surface area (Å²) in [6, 6.07) is 6.13. The van der Waals surface area contributed by atoms with E-state index in [-0.39, 0.29) is 12.1 Å². The lowest BCUT2D eigenvalue weighted by molar-refractivity contribution is 0.214. The van der Waals surface area contributed by atoms with Crippen LogP contribution in [0.25, 0.3) is 0 Å². The van der Waals surface area contributed by atoms with Crippen molar-refractivity contribution in [2.45, 2.75) is 52.2 Å². The van der Waals surface area contributed by atoms with Crippen LogP contribution in [0.2, 0.25) is 0 Å². The summed E-state index contributed by atoms with van der Waals surface area (Å²) in [6.45, 7) is 6.29. The third kappa shape index (κ3) is 4.22. The van der Waals surface area contributed by atoms with Crippen LogP contribution in [-0.4, -0.2) is 19.3 Å². The van der Waals surface area contributed by atoms with Crippen LogP contribution in [0, 0.1) is 0 Å². The highest BCUT2D eigenvalue weighted by atomic mass is 16.5. The Bertz CT molecular complexity index is 366. The van der Waals surface area contributed by atoms with E-state index in [0.717, 1.165) is 36.3 Å². The normalized spacial score (nSPS) is 14.1. The Morgan fingerprint density at radius 3 is 2.50 bits per heavy atom. The summed E-state index contributed by atoms with van der Waals surface area (Å²) in [4.78, 5) is 0. The summed E-state index contributed by atoms with van der Waals surface area (Å²) in [5.41, 5.74) is 7.18. The van der Waals surface area contributed by atoms with Gasteiger partial charge in [-0.2, -0.15) is 0 Å². The molecule has 0 radical (unpaired) electrons. The molecule has 0 saturated carbocycles. The van der Waals surface area contributed by atoms with Crippen molar-refractivity contribution in [1.29, 1.82) is 0 Å². The van der Waals surface area contributed by atoms with Crippen LogP contribution in [0.4, 0.5) is 0 Å². The second-order valence-corrected chi connectivity index (χ2v) is 4.68. The first-order chi connectivity index (χ1) is 8.60. The van der Waals surface area contributed by atoms with Crippen LogP contribution in [-0.2, 0) is 6.42 Å². The van der Waals surface area contributed by atoms with Gasteiger partial charge in [-0.25, -0.2) is 0 Å². The number of rotatable bonds is 7. The molecule has 1 aromatic carbocycles. The van der Waals surface area contributed by atoms with Gasteiger partial charge in [0.1, 0.15) is 11.5 Å². The second kappa shape index (κ2) is 7.27. The van der Waals surface area contributed by atoms with Crippen LogP contribution in [0.3, 0.4) is 0 Å². The standard InChI is InChI=1S/C15H25NO2/c1-5-11(3)18-15-10-14(17-4)8-7-12(15)9-13(16)6-2/h7-8,10-11,13H,5-6,9,16H2,1-4H3. The molecule has 1 rings (SSSR count). The first-order valence-corrected chi connectivity index (χ1v) is 6.69. The van der Waals surface area contributed by atoms with Gasteiger partial charge in [0.2, 0.25) is 0 Å². The Balaban J connectivity index is 2.92. The molecule has 1 aromatic rings. The molecule has 18 heavy (non-hydrogen) atoms. The van der Waals surface area contributed by atoms with E-state index in [1.165, 1.54) is 0 Å². The van der Waals surface area contributed by atoms with Gasteiger partial charge in [0.25, 0.3) is 0 Å². The Morgan fingerprint density at radius 1 is 1.22 bits per heavy atom. The third-order valence-electron chi connectivity index (χ3n) is 3.18. The highest BCUT2D eigenvalue weighted by Gasteiger charge is 2.11. The summed E-state index contributed by atoms with van der Waals surface area (Å²) < 4.78 is 11.2. The molecule has 2 unspecified atom stereocenters. The zero-order chi connectivity index (χ0) is 13.5. The Kier molecular flexibility index (Phi) is 5.99. The summed E-state index contributed by atoms with van der Waals surface area (Å²) in [6.07, 6.45) is 2.99. The molecular weight excluding hydrogens is 226 g/mol. The molecule has 3 heteroatoms. The van der Waals surface area contributed by atoms with Gasteiger partial charge in [0.05, 0.1) is 13.2 Å². The Hall–Kier alpha value is -1.22. The van der Waals surface area contributed by atoms with Gasteiger partial charge in [0, 0.05) is 12.1 Å². The maximum Gasteiger partial charge on any atom is 0.126 e. The molecule has 0 spiro atoms. The average Bonchev–Trinajstić information content (AvgIpc) is 2.40. The van der Waals surface area contributed by atoms with E-state index in [1.54, 1.807) is 7.11 Å². The number of ether oxygens (including phenoxy) is 2. The number of benzene rings is 1. The summed E-state index contributed by atoms with van der Waals surface area (Å²) in [7, 11) is 1.67. The van der Waals surface area contributed by atoms with Crippen LogP contribution in [0.1, 0.15) is 39.2 Å². The third-order valence-corrected chi connectivity index (χ3v) is 3.18. The van der Waals surface area contributed by atoms with E-state index in [4.69, 9.17) is 15.2 Å². The second-order valence-electron chi connectivity index (χ2n) is 4.68. The number of hydrogen-bond donors (Lipinski definition) is 1. The van der Waals surface area contributed by atoms with E-state index in [2.05, 4.69) is 20.8 Å². The molecule has 2 N–H and O–H groups in total. The summed E-state index contributed by atoms with van der Waals surface area (Å²) in [5, 5.41) is 0. The van der Waals surface area contributed by atoms with Crippen molar-refractivity contribution in [1.82, 2.24) is 0 Å². The predicted octanol–water partition coefficient (Wildman–Crippen LogP) is 3.15. The Morgan fingerprint density at radius 2 is 1.94 bits per heavy atom. The van der Waals surface area contributed by atoms with Crippen molar-refractivity contribution >= 4 is 0 Å². The van der Waals surface area contributed by atoms with Gasteiger partial charge in [0.15, 0.2) is 0 Å². The predicted molar refractivity (Wildman–Crippen MR) is 75.3 cm³/mol. The monoisotopic (exact) mass is 251 g/mol. The molecule has 0 aliphatic carbocycles. The van der Waals surface area contributed by atoms with Crippen molar-refractivity contribution in [3.8, 4) is 11.5 Å². The summed E-state index contributed by atoms with van der Waals surface area (Å²) >= 11 is 0. The van der Waals surface area contributed by atoms with Crippen molar-refractivity contribution in [2.24, 2.45) is 5.73 Å². The summed E-state index contributed by atoms with van der Waals surface area (Å²) in [5.74, 6) is 1.72. The molecule has 0 heterocycles. The van der Waals surface area contributed by atoms with Crippen LogP contribution >= 0.6 is 0 Å². The maximum absolute atomic E-state index is 6.02. The minimum absolute atomic E-state index is 0.178. The fourth-order valence-corrected chi connectivity index (χ4v) is 1.67. The van der Waals surface area contributed by atoms with Crippen molar-refractivity contribution in [3.63, 3.8) is 0 Å². The molecular formula is C15H25NO2. The van der Waals surface area contributed by atoms with E-state index in [9.17, 15) is 0 Å². The largest absolute Gasteiger partial charge is 0.497 e. The molecule has 3 nitrogen and oxygen atoms in total. The maximum atomic E-state index is 6.02. The van der Waals surface area contributed by atoms with Crippen molar-refractivity contribution in [2.75, 3.05) is 7.11 Å². The van der Waals surface area contributed by atoms with Crippen molar-refractivity contribution in [3.05, 3.63) is 23.8 Å². The first-order valence-electron chi connectivity index (χ1n) is 6.69. The smallest absolute Gasteiger partial charge is 0.126 e. The van der Waals surface area contributed by atoms with Gasteiger partial charge in [-0.05, 0) is 37.8 Å². The lowest BCUT2D eigenvalue weighted by Crippen LogP contribution is -2.22. The zero-order valence-corrected chi connectivity index (χ0v) is 11.9. The fraction of sp³-hybridized carbons (Fsp3) is 0.600. The highest BCUT2D eigenvalue weighted by Crippen LogP contribution is 2.27. The molecule has 102 valence electrons. The zero-order valence-electron chi connectivity index (χ0n) is 11.9. The number of methoxy groups -OCH3 is 1.